The summed E-state index contributed by atoms with van der Waals surface area (Å²) in [5.41, 5.74) is 0. The molecule has 1 N–H and O–H groups in total. The van der Waals surface area contributed by atoms with E-state index in [1.165, 1.54) is 12.8 Å². The first kappa shape index (κ1) is 15.2. The normalized spacial score (nSPS) is 31.7. The topological polar surface area (TPSA) is 29.1 Å². The van der Waals surface area contributed by atoms with E-state index in [9.17, 15) is 4.21 Å². The van der Waals surface area contributed by atoms with E-state index in [0.29, 0.717) is 11.3 Å². The third-order valence-electron chi connectivity index (χ3n) is 4.05. The molecule has 0 radical (unpaired) electrons. The van der Waals surface area contributed by atoms with Gasteiger partial charge < -0.3 is 5.32 Å². The fourth-order valence-corrected chi connectivity index (χ4v) is 4.32. The molecule has 102 valence electrons. The molecule has 1 aliphatic rings. The molecule has 2 nitrogen and oxygen atoms in total. The molecule has 0 bridgehead atoms. The molecule has 0 aromatic rings. The summed E-state index contributed by atoms with van der Waals surface area (Å²) in [5.74, 6) is 2.31. The third-order valence-corrected chi connectivity index (χ3v) is 5.82. The molecule has 0 aliphatic heterocycles. The second-order valence-corrected chi connectivity index (χ2v) is 7.53. The molecule has 1 aliphatic carbocycles. The van der Waals surface area contributed by atoms with Gasteiger partial charge in [-0.25, -0.2) is 0 Å². The van der Waals surface area contributed by atoms with Crippen LogP contribution in [0.1, 0.15) is 53.4 Å². The van der Waals surface area contributed by atoms with Crippen LogP contribution in [0.4, 0.5) is 0 Å². The van der Waals surface area contributed by atoms with Crippen LogP contribution in [-0.2, 0) is 10.8 Å². The van der Waals surface area contributed by atoms with Gasteiger partial charge >= 0.3 is 0 Å². The first-order valence-corrected chi connectivity index (χ1v) is 8.58. The van der Waals surface area contributed by atoms with E-state index in [4.69, 9.17) is 0 Å². The standard InChI is InChI=1S/C14H29NOS/c1-5-9-15-13-8-7-12(11(3)4)10-14(13)17(16)6-2/h11-15H,5-10H2,1-4H3. The molecule has 1 saturated carbocycles. The Morgan fingerprint density at radius 3 is 2.53 bits per heavy atom. The first-order chi connectivity index (χ1) is 8.10. The van der Waals surface area contributed by atoms with Gasteiger partial charge in [0.05, 0.1) is 5.25 Å². The number of hydrogen-bond acceptors (Lipinski definition) is 2. The van der Waals surface area contributed by atoms with Crippen LogP contribution in [-0.4, -0.2) is 27.8 Å². The van der Waals surface area contributed by atoms with Crippen LogP contribution in [0.5, 0.6) is 0 Å². The molecule has 4 atom stereocenters. The Hall–Kier alpha value is 0.110. The van der Waals surface area contributed by atoms with Crippen molar-refractivity contribution in [3.63, 3.8) is 0 Å². The predicted octanol–water partition coefficient (Wildman–Crippen LogP) is 2.95. The van der Waals surface area contributed by atoms with E-state index >= 15 is 0 Å². The van der Waals surface area contributed by atoms with Crippen molar-refractivity contribution in [3.05, 3.63) is 0 Å². The fourth-order valence-electron chi connectivity index (χ4n) is 2.83. The highest BCUT2D eigenvalue weighted by Gasteiger charge is 2.34. The van der Waals surface area contributed by atoms with Crippen LogP contribution >= 0.6 is 0 Å². The lowest BCUT2D eigenvalue weighted by atomic mass is 9.79. The maximum atomic E-state index is 12.2. The van der Waals surface area contributed by atoms with Crippen molar-refractivity contribution in [2.75, 3.05) is 12.3 Å². The lowest BCUT2D eigenvalue weighted by Crippen LogP contribution is -2.47. The van der Waals surface area contributed by atoms with Crippen molar-refractivity contribution in [1.29, 1.82) is 0 Å². The van der Waals surface area contributed by atoms with Crippen molar-refractivity contribution in [2.24, 2.45) is 11.8 Å². The van der Waals surface area contributed by atoms with Crippen LogP contribution in [0.25, 0.3) is 0 Å². The first-order valence-electron chi connectivity index (χ1n) is 7.20. The van der Waals surface area contributed by atoms with Gasteiger partial charge in [0, 0.05) is 22.6 Å². The highest BCUT2D eigenvalue weighted by atomic mass is 32.2. The minimum Gasteiger partial charge on any atom is -0.313 e. The van der Waals surface area contributed by atoms with Gasteiger partial charge in [-0.1, -0.05) is 27.7 Å². The van der Waals surface area contributed by atoms with E-state index in [0.717, 1.165) is 37.0 Å². The summed E-state index contributed by atoms with van der Waals surface area (Å²) in [6, 6.07) is 0.491. The molecule has 0 heterocycles. The number of rotatable bonds is 6. The molecule has 0 aromatic heterocycles. The highest BCUT2D eigenvalue weighted by molar-refractivity contribution is 7.85. The Morgan fingerprint density at radius 1 is 1.29 bits per heavy atom. The highest BCUT2D eigenvalue weighted by Crippen LogP contribution is 2.32. The summed E-state index contributed by atoms with van der Waals surface area (Å²) >= 11 is 0. The van der Waals surface area contributed by atoms with Gasteiger partial charge in [-0.2, -0.15) is 0 Å². The zero-order valence-electron chi connectivity index (χ0n) is 11.9. The van der Waals surface area contributed by atoms with Crippen molar-refractivity contribution in [2.45, 2.75) is 64.7 Å². The van der Waals surface area contributed by atoms with Crippen molar-refractivity contribution in [1.82, 2.24) is 5.32 Å². The summed E-state index contributed by atoms with van der Waals surface area (Å²) in [4.78, 5) is 0. The van der Waals surface area contributed by atoms with E-state index in [1.54, 1.807) is 0 Å². The van der Waals surface area contributed by atoms with Crippen LogP contribution < -0.4 is 5.32 Å². The van der Waals surface area contributed by atoms with Crippen LogP contribution in [0, 0.1) is 11.8 Å². The zero-order chi connectivity index (χ0) is 12.8. The summed E-state index contributed by atoms with van der Waals surface area (Å²) in [6.45, 7) is 9.91. The lowest BCUT2D eigenvalue weighted by Gasteiger charge is -2.37. The molecular weight excluding hydrogens is 230 g/mol. The monoisotopic (exact) mass is 259 g/mol. The van der Waals surface area contributed by atoms with E-state index in [2.05, 4.69) is 26.1 Å². The van der Waals surface area contributed by atoms with Crippen LogP contribution in [0.15, 0.2) is 0 Å². The average Bonchev–Trinajstić information content (AvgIpc) is 2.35. The molecule has 0 spiro atoms. The molecule has 1 fully saturated rings. The Bertz CT molecular complexity index is 242. The third kappa shape index (κ3) is 4.36. The van der Waals surface area contributed by atoms with E-state index < -0.39 is 10.8 Å². The summed E-state index contributed by atoms with van der Waals surface area (Å²) in [6.07, 6.45) is 4.82. The van der Waals surface area contributed by atoms with Gasteiger partial charge in [-0.3, -0.25) is 4.21 Å². The number of hydrogen-bond donors (Lipinski definition) is 1. The zero-order valence-corrected chi connectivity index (χ0v) is 12.7. The Morgan fingerprint density at radius 2 is 2.00 bits per heavy atom. The van der Waals surface area contributed by atoms with Gasteiger partial charge in [-0.05, 0) is 44.1 Å². The van der Waals surface area contributed by atoms with Crippen molar-refractivity contribution in [3.8, 4) is 0 Å². The van der Waals surface area contributed by atoms with E-state index in [-0.39, 0.29) is 0 Å². The Labute approximate surface area is 109 Å². The second-order valence-electron chi connectivity index (χ2n) is 5.59. The Kier molecular flexibility index (Phi) is 6.71. The minimum atomic E-state index is -0.647. The molecule has 1 rings (SSSR count). The van der Waals surface area contributed by atoms with Gasteiger partial charge in [0.15, 0.2) is 0 Å². The van der Waals surface area contributed by atoms with Gasteiger partial charge in [0.1, 0.15) is 0 Å². The maximum Gasteiger partial charge on any atom is 0.0503 e. The largest absolute Gasteiger partial charge is 0.313 e. The maximum absolute atomic E-state index is 12.2. The van der Waals surface area contributed by atoms with Crippen molar-refractivity contribution >= 4 is 10.8 Å². The van der Waals surface area contributed by atoms with E-state index in [1.807, 2.05) is 6.92 Å². The number of nitrogens with one attached hydrogen (secondary N) is 1. The van der Waals surface area contributed by atoms with Gasteiger partial charge in [0.2, 0.25) is 0 Å². The smallest absolute Gasteiger partial charge is 0.0503 e. The van der Waals surface area contributed by atoms with Gasteiger partial charge in [-0.15, -0.1) is 0 Å². The molecule has 4 unspecified atom stereocenters. The summed E-state index contributed by atoms with van der Waals surface area (Å²) < 4.78 is 12.2. The molecule has 0 amide bonds. The SMILES string of the molecule is CCCNC1CCC(C(C)C)CC1S(=O)CC. The molecule has 0 saturated heterocycles. The molecule has 0 aromatic carbocycles. The second kappa shape index (κ2) is 7.52. The fraction of sp³-hybridized carbons (Fsp3) is 1.00. The minimum absolute atomic E-state index is 0.382. The molecular formula is C14H29NOS. The Balaban J connectivity index is 2.62. The lowest BCUT2D eigenvalue weighted by molar-refractivity contribution is 0.244. The van der Waals surface area contributed by atoms with Crippen molar-refractivity contribution < 1.29 is 4.21 Å². The van der Waals surface area contributed by atoms with Crippen LogP contribution in [0.2, 0.25) is 0 Å². The summed E-state index contributed by atoms with van der Waals surface area (Å²) in [5, 5.41) is 3.99. The summed E-state index contributed by atoms with van der Waals surface area (Å²) in [7, 11) is -0.647. The molecule has 17 heavy (non-hydrogen) atoms. The average molecular weight is 259 g/mol. The quantitative estimate of drug-likeness (QED) is 0.794. The molecule has 3 heteroatoms. The van der Waals surface area contributed by atoms with Crippen LogP contribution in [0.3, 0.4) is 0 Å². The predicted molar refractivity (Wildman–Crippen MR) is 76.7 cm³/mol. The van der Waals surface area contributed by atoms with Gasteiger partial charge in [0.25, 0.3) is 0 Å².